The lowest BCUT2D eigenvalue weighted by molar-refractivity contribution is 0.627. The Kier molecular flexibility index (Phi) is 3.40. The van der Waals surface area contributed by atoms with Gasteiger partial charge < -0.3 is 5.32 Å². The van der Waals surface area contributed by atoms with E-state index in [1.165, 1.54) is 6.33 Å². The quantitative estimate of drug-likeness (QED) is 0.759. The maximum absolute atomic E-state index is 4.34. The molecule has 0 unspecified atom stereocenters. The SMILES string of the molecule is CCn1nccc1CNc1cccnc1-n1cncn1. The van der Waals surface area contributed by atoms with E-state index < -0.39 is 0 Å². The average molecular weight is 269 g/mol. The largest absolute Gasteiger partial charge is 0.376 e. The number of rotatable bonds is 5. The summed E-state index contributed by atoms with van der Waals surface area (Å²) in [6.45, 7) is 3.61. The molecule has 0 fully saturated rings. The van der Waals surface area contributed by atoms with Crippen LogP contribution in [0.15, 0.2) is 43.2 Å². The maximum atomic E-state index is 4.34. The second-order valence-electron chi connectivity index (χ2n) is 4.21. The summed E-state index contributed by atoms with van der Waals surface area (Å²) in [6.07, 6.45) is 6.66. The number of hydrogen-bond donors (Lipinski definition) is 1. The van der Waals surface area contributed by atoms with Gasteiger partial charge in [-0.1, -0.05) is 0 Å². The van der Waals surface area contributed by atoms with Crippen LogP contribution in [0, 0.1) is 0 Å². The lowest BCUT2D eigenvalue weighted by atomic mass is 10.3. The van der Waals surface area contributed by atoms with Crippen LogP contribution in [0.2, 0.25) is 0 Å². The zero-order valence-corrected chi connectivity index (χ0v) is 11.1. The highest BCUT2D eigenvalue weighted by Gasteiger charge is 2.07. The van der Waals surface area contributed by atoms with Gasteiger partial charge >= 0.3 is 0 Å². The first-order chi connectivity index (χ1) is 9.88. The summed E-state index contributed by atoms with van der Waals surface area (Å²) in [5.41, 5.74) is 2.03. The van der Waals surface area contributed by atoms with E-state index >= 15 is 0 Å². The number of anilines is 1. The fourth-order valence-electron chi connectivity index (χ4n) is 2.02. The van der Waals surface area contributed by atoms with Crippen LogP contribution in [0.4, 0.5) is 5.69 Å². The molecule has 0 aliphatic carbocycles. The van der Waals surface area contributed by atoms with Crippen LogP contribution in [0.1, 0.15) is 12.6 Å². The van der Waals surface area contributed by atoms with E-state index in [4.69, 9.17) is 0 Å². The zero-order chi connectivity index (χ0) is 13.8. The van der Waals surface area contributed by atoms with Crippen molar-refractivity contribution in [2.45, 2.75) is 20.0 Å². The molecule has 1 N–H and O–H groups in total. The molecule has 3 rings (SSSR count). The van der Waals surface area contributed by atoms with Crippen molar-refractivity contribution < 1.29 is 0 Å². The summed E-state index contributed by atoms with van der Waals surface area (Å²) in [5, 5.41) is 11.7. The third-order valence-corrected chi connectivity index (χ3v) is 2.99. The number of aromatic nitrogens is 6. The van der Waals surface area contributed by atoms with Crippen molar-refractivity contribution in [1.29, 1.82) is 0 Å². The van der Waals surface area contributed by atoms with Crippen molar-refractivity contribution in [1.82, 2.24) is 29.5 Å². The highest BCUT2D eigenvalue weighted by Crippen LogP contribution is 2.16. The molecule has 0 saturated carbocycles. The Hall–Kier alpha value is -2.70. The molecule has 0 saturated heterocycles. The highest BCUT2D eigenvalue weighted by atomic mass is 15.3. The number of nitrogens with zero attached hydrogens (tertiary/aromatic N) is 6. The maximum Gasteiger partial charge on any atom is 0.178 e. The monoisotopic (exact) mass is 269 g/mol. The minimum atomic E-state index is 0.682. The fraction of sp³-hybridized carbons (Fsp3) is 0.231. The van der Waals surface area contributed by atoms with Crippen LogP contribution in [0.5, 0.6) is 0 Å². The first-order valence-electron chi connectivity index (χ1n) is 6.43. The van der Waals surface area contributed by atoms with Crippen LogP contribution < -0.4 is 5.32 Å². The van der Waals surface area contributed by atoms with Crippen LogP contribution >= 0.6 is 0 Å². The second-order valence-corrected chi connectivity index (χ2v) is 4.21. The van der Waals surface area contributed by atoms with E-state index in [2.05, 4.69) is 32.4 Å². The summed E-state index contributed by atoms with van der Waals surface area (Å²) >= 11 is 0. The van der Waals surface area contributed by atoms with Gasteiger partial charge in [-0.2, -0.15) is 10.2 Å². The van der Waals surface area contributed by atoms with Gasteiger partial charge in [0.2, 0.25) is 0 Å². The molecule has 0 radical (unpaired) electrons. The van der Waals surface area contributed by atoms with Crippen molar-refractivity contribution >= 4 is 5.69 Å². The minimum absolute atomic E-state index is 0.682. The Labute approximate surface area is 116 Å². The Balaban J connectivity index is 1.81. The topological polar surface area (TPSA) is 73.5 Å². The van der Waals surface area contributed by atoms with Gasteiger partial charge in [0.15, 0.2) is 5.82 Å². The third-order valence-electron chi connectivity index (χ3n) is 2.99. The average Bonchev–Trinajstić information content (AvgIpc) is 3.16. The van der Waals surface area contributed by atoms with Gasteiger partial charge in [-0.25, -0.2) is 14.6 Å². The molecular weight excluding hydrogens is 254 g/mol. The Bertz CT molecular complexity index is 672. The molecule has 0 aromatic carbocycles. The highest BCUT2D eigenvalue weighted by molar-refractivity contribution is 5.56. The number of nitrogens with one attached hydrogen (secondary N) is 1. The predicted molar refractivity (Wildman–Crippen MR) is 74.4 cm³/mol. The number of hydrogen-bond acceptors (Lipinski definition) is 5. The molecule has 0 spiro atoms. The Morgan fingerprint density at radius 1 is 1.20 bits per heavy atom. The number of aryl methyl sites for hydroxylation is 1. The molecule has 7 heteroatoms. The van der Waals surface area contributed by atoms with Gasteiger partial charge in [0.05, 0.1) is 17.9 Å². The van der Waals surface area contributed by atoms with Crippen LogP contribution in [-0.4, -0.2) is 29.5 Å². The normalized spacial score (nSPS) is 10.7. The molecule has 7 nitrogen and oxygen atoms in total. The van der Waals surface area contributed by atoms with Gasteiger partial charge in [0.25, 0.3) is 0 Å². The summed E-state index contributed by atoms with van der Waals surface area (Å²) in [7, 11) is 0. The first-order valence-corrected chi connectivity index (χ1v) is 6.43. The van der Waals surface area contributed by atoms with Gasteiger partial charge in [0.1, 0.15) is 12.7 Å². The Morgan fingerprint density at radius 3 is 2.95 bits per heavy atom. The van der Waals surface area contributed by atoms with Gasteiger partial charge in [-0.05, 0) is 25.1 Å². The van der Waals surface area contributed by atoms with E-state index in [1.807, 2.05) is 29.1 Å². The van der Waals surface area contributed by atoms with E-state index in [1.54, 1.807) is 17.2 Å². The zero-order valence-electron chi connectivity index (χ0n) is 11.1. The molecule has 0 amide bonds. The summed E-state index contributed by atoms with van der Waals surface area (Å²) < 4.78 is 3.60. The van der Waals surface area contributed by atoms with Gasteiger partial charge in [-0.3, -0.25) is 4.68 Å². The first kappa shape index (κ1) is 12.3. The smallest absolute Gasteiger partial charge is 0.178 e. The molecule has 102 valence electrons. The van der Waals surface area contributed by atoms with Crippen molar-refractivity contribution in [3.63, 3.8) is 0 Å². The summed E-state index contributed by atoms with van der Waals surface area (Å²) in [4.78, 5) is 8.29. The summed E-state index contributed by atoms with van der Waals surface area (Å²) in [6, 6.07) is 5.86. The lowest BCUT2D eigenvalue weighted by Crippen LogP contribution is -2.10. The van der Waals surface area contributed by atoms with Crippen LogP contribution in [0.25, 0.3) is 5.82 Å². The molecule has 0 aliphatic heterocycles. The molecule has 0 atom stereocenters. The molecule has 3 aromatic rings. The van der Waals surface area contributed by atoms with Crippen molar-refractivity contribution in [2.75, 3.05) is 5.32 Å². The van der Waals surface area contributed by atoms with E-state index in [-0.39, 0.29) is 0 Å². The molecule has 0 aliphatic rings. The van der Waals surface area contributed by atoms with Gasteiger partial charge in [-0.15, -0.1) is 0 Å². The molecule has 20 heavy (non-hydrogen) atoms. The van der Waals surface area contributed by atoms with Crippen molar-refractivity contribution in [3.05, 3.63) is 48.9 Å². The minimum Gasteiger partial charge on any atom is -0.376 e. The van der Waals surface area contributed by atoms with Crippen LogP contribution in [-0.2, 0) is 13.1 Å². The second kappa shape index (κ2) is 5.52. The third kappa shape index (κ3) is 2.37. The fourth-order valence-corrected chi connectivity index (χ4v) is 2.02. The molecule has 3 aromatic heterocycles. The van der Waals surface area contributed by atoms with Gasteiger partial charge in [0, 0.05) is 18.9 Å². The summed E-state index contributed by atoms with van der Waals surface area (Å²) in [5.74, 6) is 0.729. The van der Waals surface area contributed by atoms with E-state index in [9.17, 15) is 0 Å². The lowest BCUT2D eigenvalue weighted by Gasteiger charge is -2.11. The molecule has 0 bridgehead atoms. The predicted octanol–water partition coefficient (Wildman–Crippen LogP) is 1.49. The standard InChI is InChI=1S/C13H15N7/c1-2-19-11(5-7-17-19)8-16-12-4-3-6-15-13(12)20-10-14-9-18-20/h3-7,9-10,16H,2,8H2,1H3. The molecular formula is C13H15N7. The van der Waals surface area contributed by atoms with Crippen LogP contribution in [0.3, 0.4) is 0 Å². The molecule has 3 heterocycles. The van der Waals surface area contributed by atoms with Crippen molar-refractivity contribution in [3.8, 4) is 5.82 Å². The Morgan fingerprint density at radius 2 is 2.15 bits per heavy atom. The van der Waals surface area contributed by atoms with E-state index in [0.717, 1.165) is 23.7 Å². The van der Waals surface area contributed by atoms with Crippen molar-refractivity contribution in [2.24, 2.45) is 0 Å². The number of pyridine rings is 1. The van der Waals surface area contributed by atoms with E-state index in [0.29, 0.717) is 6.54 Å².